The molecule has 2 aromatic heterocycles. The predicted octanol–water partition coefficient (Wildman–Crippen LogP) is 5.00. The molecule has 10 saturated heterocycles. The zero-order valence-corrected chi connectivity index (χ0v) is 17.2. The molecule has 5 heteroatoms. The Morgan fingerprint density at radius 2 is 1.16 bits per heavy atom. The Kier molecular flexibility index (Phi) is 0.547. The fraction of sp³-hybridized carbons (Fsp3) is 0.600. The van der Waals surface area contributed by atoms with Crippen LogP contribution in [0.4, 0.5) is 0 Å². The summed E-state index contributed by atoms with van der Waals surface area (Å²) in [6, 6.07) is 9.07. The molecule has 0 aromatic carbocycles. The van der Waals surface area contributed by atoms with Crippen LogP contribution in [0.1, 0.15) is 11.5 Å². The van der Waals surface area contributed by atoms with E-state index in [1.54, 1.807) is 0 Å². The zero-order chi connectivity index (χ0) is 15.9. The molecule has 0 saturated carbocycles. The van der Waals surface area contributed by atoms with E-state index in [1.165, 1.54) is 49.5 Å². The van der Waals surface area contributed by atoms with Gasteiger partial charge in [-0.3, -0.25) is 0 Å². The number of furan rings is 2. The van der Waals surface area contributed by atoms with Crippen LogP contribution in [0.2, 0.25) is 38.5 Å². The van der Waals surface area contributed by atoms with E-state index in [0.717, 1.165) is 36.8 Å². The van der Waals surface area contributed by atoms with Crippen molar-refractivity contribution in [3.63, 3.8) is 0 Å². The third-order valence-corrected chi connectivity index (χ3v) is 71.9. The van der Waals surface area contributed by atoms with Gasteiger partial charge in [-0.2, -0.15) is 0 Å². The first-order valence-corrected chi connectivity index (χ1v) is 18.0. The van der Waals surface area contributed by atoms with Crippen molar-refractivity contribution < 1.29 is 15.3 Å². The van der Waals surface area contributed by atoms with Crippen LogP contribution in [0.3, 0.4) is 0 Å². The van der Waals surface area contributed by atoms with Crippen LogP contribution in [0, 0.1) is 13.8 Å². The number of aryl methyl sites for hydroxylation is 2. The van der Waals surface area contributed by atoms with Crippen LogP contribution >= 0.6 is 17.2 Å². The van der Waals surface area contributed by atoms with Crippen molar-refractivity contribution in [3.8, 4) is 0 Å². The molecule has 10 aliphatic heterocycles. The van der Waals surface area contributed by atoms with Crippen molar-refractivity contribution in [1.82, 2.24) is 0 Å². The van der Waals surface area contributed by atoms with E-state index in [-0.39, 0.29) is 0 Å². The van der Waals surface area contributed by atoms with Crippen molar-refractivity contribution in [2.75, 3.05) is 0 Å². The number of hydrogen-bond donors (Lipinski definition) is 0. The van der Waals surface area contributed by atoms with E-state index in [2.05, 4.69) is 38.1 Å². The Labute approximate surface area is 139 Å². The van der Waals surface area contributed by atoms with Gasteiger partial charge in [-0.05, 0) is 0 Å². The summed E-state index contributed by atoms with van der Waals surface area (Å²) in [6.07, 6.45) is 0. The van der Waals surface area contributed by atoms with E-state index in [4.69, 9.17) is 8.83 Å². The summed E-state index contributed by atoms with van der Waals surface area (Å²) < 4.78 is 14.1. The molecule has 6 unspecified atom stereocenters. The molecule has 2 nitrogen and oxygen atoms in total. The number of hydrogen-bond acceptors (Lipinski definition) is 2. The molecule has 12 heterocycles. The number of rotatable bonds is 4. The SMILES string of the molecule is Cc1ccc(P[C]23[CH]4[CH]5[CH]6[C]2(Pc2ccc(C)o2)[Fe]54632789[CH]3[CH]2[CH]7[CH]8[CH]39)o1. The molecule has 2 aromatic rings. The van der Waals surface area contributed by atoms with Gasteiger partial charge in [0.15, 0.2) is 0 Å². The van der Waals surface area contributed by atoms with Crippen molar-refractivity contribution in [1.29, 1.82) is 0 Å². The maximum absolute atomic E-state index is 6.19. The quantitative estimate of drug-likeness (QED) is 0.524. The molecule has 10 aliphatic rings. The topological polar surface area (TPSA) is 26.3 Å². The molecule has 0 N–H and O–H groups in total. The van der Waals surface area contributed by atoms with Gasteiger partial charge in [0.1, 0.15) is 0 Å². The third kappa shape index (κ3) is 0.177. The van der Waals surface area contributed by atoms with Crippen LogP contribution in [0.15, 0.2) is 33.1 Å². The Balaban J connectivity index is 1.23. The fourth-order valence-electron chi connectivity index (χ4n) is 18.6. The van der Waals surface area contributed by atoms with Gasteiger partial charge in [0.2, 0.25) is 0 Å². The van der Waals surface area contributed by atoms with Crippen LogP contribution < -0.4 is 11.0 Å². The van der Waals surface area contributed by atoms with Crippen molar-refractivity contribution in [2.24, 2.45) is 0 Å². The second-order valence-electron chi connectivity index (χ2n) is 12.8. The van der Waals surface area contributed by atoms with E-state index >= 15 is 0 Å². The molecule has 10 fully saturated rings. The summed E-state index contributed by atoms with van der Waals surface area (Å²) in [5.74, 6) is 2.24. The Bertz CT molecular complexity index is 1420. The summed E-state index contributed by atoms with van der Waals surface area (Å²) >= 11 is 0. The van der Waals surface area contributed by atoms with Crippen LogP contribution in [0.25, 0.3) is 0 Å². The molecule has 1 spiro atoms. The summed E-state index contributed by atoms with van der Waals surface area (Å²) in [7, 11) is 2.05. The predicted molar refractivity (Wildman–Crippen MR) is 98.3 cm³/mol. The van der Waals surface area contributed by atoms with Crippen molar-refractivity contribution >= 4 is 28.2 Å². The van der Waals surface area contributed by atoms with E-state index < -0.39 is 6.51 Å². The van der Waals surface area contributed by atoms with Gasteiger partial charge in [0.05, 0.1) is 0 Å². The van der Waals surface area contributed by atoms with Crippen LogP contribution in [0.5, 0.6) is 0 Å². The Morgan fingerprint density at radius 3 is 1.44 bits per heavy atom. The van der Waals surface area contributed by atoms with Gasteiger partial charge in [-0.25, -0.2) is 0 Å². The molecule has 12 rings (SSSR count). The molecule has 130 valence electrons. The first-order chi connectivity index (χ1) is 11.9. The first kappa shape index (κ1) is 11.1. The molecule has 6 atom stereocenters. The summed E-state index contributed by atoms with van der Waals surface area (Å²) in [5, 5.41) is 0. The molecular formula is C20H20FeO2P2. The van der Waals surface area contributed by atoms with Crippen molar-refractivity contribution in [3.05, 3.63) is 35.8 Å². The van der Waals surface area contributed by atoms with Gasteiger partial charge < -0.3 is 0 Å². The summed E-state index contributed by atoms with van der Waals surface area (Å²) in [6.45, 7) is 0.955. The molecule has 0 aliphatic carbocycles. The molecule has 0 radical (unpaired) electrons. The Morgan fingerprint density at radius 1 is 0.720 bits per heavy atom. The fourth-order valence-corrected chi connectivity index (χ4v) is 117. The molecule has 25 heavy (non-hydrogen) atoms. The van der Waals surface area contributed by atoms with E-state index in [1.807, 2.05) is 0 Å². The standard InChI is InChI=1S/C15H15O2P2.C5H5.Fe/c1-10-6-8-14(16-10)18-12-4-3-5-13(12)19-15-9-7-11(2)17-15;1-2-4-5-3-1;/h3-9,18-19H,1-2H3;1-5H;. The van der Waals surface area contributed by atoms with Gasteiger partial charge >= 0.3 is 140 Å². The molecule has 0 amide bonds. The van der Waals surface area contributed by atoms with Gasteiger partial charge in [-0.15, -0.1) is 0 Å². The molecular weight excluding hydrogens is 390 g/mol. The summed E-state index contributed by atoms with van der Waals surface area (Å²) in [5.41, 5.74) is 2.73. The molecule has 0 bridgehead atoms. The van der Waals surface area contributed by atoms with Crippen LogP contribution in [-0.2, 0) is 6.51 Å². The Hall–Kier alpha value is -0.0605. The van der Waals surface area contributed by atoms with Gasteiger partial charge in [0.25, 0.3) is 0 Å². The van der Waals surface area contributed by atoms with Crippen LogP contribution in [-0.4, -0.2) is 8.11 Å². The monoisotopic (exact) mass is 410 g/mol. The van der Waals surface area contributed by atoms with Gasteiger partial charge in [0, 0.05) is 0 Å². The average molecular weight is 410 g/mol. The first-order valence-electron chi connectivity index (χ1n) is 9.79. The maximum atomic E-state index is 6.19. The second-order valence-corrected chi connectivity index (χ2v) is 40.1. The van der Waals surface area contributed by atoms with Gasteiger partial charge in [-0.1, -0.05) is 0 Å². The summed E-state index contributed by atoms with van der Waals surface area (Å²) in [4.78, 5) is 10.8. The van der Waals surface area contributed by atoms with E-state index in [0.29, 0.717) is 0 Å². The van der Waals surface area contributed by atoms with Crippen molar-refractivity contribution in [2.45, 2.75) is 60.5 Å². The minimum atomic E-state index is -3.29. The second kappa shape index (κ2) is 1.24. The third-order valence-electron chi connectivity index (χ3n) is 17.0. The average Bonchev–Trinajstić information content (AvgIpc) is 3.41. The normalized spacial score (nSPS) is 88.9. The number of fused-ring (bicyclic) bond motifs is 10. The van der Waals surface area contributed by atoms with E-state index in [9.17, 15) is 0 Å². The zero-order valence-electron chi connectivity index (χ0n) is 14.1. The minimum absolute atomic E-state index is 0.857.